The van der Waals surface area contributed by atoms with Gasteiger partial charge < -0.3 is 14.6 Å². The van der Waals surface area contributed by atoms with Gasteiger partial charge in [0.15, 0.2) is 0 Å². The maximum Gasteiger partial charge on any atom is 0.251 e. The molecule has 0 fully saturated rings. The SMILES string of the molecule is COc1cccc2c(C)cc(=O)n(CCC(=O)Nc3c(C)cc(C)cc3C)c12. The van der Waals surface area contributed by atoms with E-state index in [0.29, 0.717) is 5.75 Å². The van der Waals surface area contributed by atoms with Crippen LogP contribution in [0.5, 0.6) is 5.75 Å². The van der Waals surface area contributed by atoms with E-state index in [1.54, 1.807) is 17.7 Å². The fourth-order valence-corrected chi connectivity index (χ4v) is 3.75. The summed E-state index contributed by atoms with van der Waals surface area (Å²) in [5, 5.41) is 3.95. The molecule has 1 heterocycles. The van der Waals surface area contributed by atoms with Crippen molar-refractivity contribution >= 4 is 22.5 Å². The first-order valence-corrected chi connectivity index (χ1v) is 9.36. The number of fused-ring (bicyclic) bond motifs is 1. The quantitative estimate of drug-likeness (QED) is 0.721. The van der Waals surface area contributed by atoms with E-state index in [9.17, 15) is 9.59 Å². The molecule has 2 aromatic carbocycles. The lowest BCUT2D eigenvalue weighted by Crippen LogP contribution is -2.24. The summed E-state index contributed by atoms with van der Waals surface area (Å²) in [5.41, 5.74) is 5.56. The summed E-state index contributed by atoms with van der Waals surface area (Å²) in [6.07, 6.45) is 0.197. The molecule has 0 saturated heterocycles. The summed E-state index contributed by atoms with van der Waals surface area (Å²) in [6.45, 7) is 8.19. The summed E-state index contributed by atoms with van der Waals surface area (Å²) in [7, 11) is 1.58. The number of rotatable bonds is 5. The lowest BCUT2D eigenvalue weighted by Gasteiger charge is -2.16. The third-order valence-corrected chi connectivity index (χ3v) is 5.02. The Kier molecular flexibility index (Phi) is 5.54. The van der Waals surface area contributed by atoms with Crippen LogP contribution < -0.4 is 15.6 Å². The van der Waals surface area contributed by atoms with Gasteiger partial charge in [0, 0.05) is 30.1 Å². The lowest BCUT2D eigenvalue weighted by molar-refractivity contribution is -0.116. The Morgan fingerprint density at radius 1 is 1.04 bits per heavy atom. The first-order chi connectivity index (χ1) is 13.3. The number of hydrogen-bond donors (Lipinski definition) is 1. The zero-order valence-corrected chi connectivity index (χ0v) is 17.1. The summed E-state index contributed by atoms with van der Waals surface area (Å²) >= 11 is 0. The Labute approximate surface area is 165 Å². The van der Waals surface area contributed by atoms with Crippen molar-refractivity contribution in [3.8, 4) is 5.75 Å². The van der Waals surface area contributed by atoms with E-state index in [2.05, 4.69) is 5.32 Å². The van der Waals surface area contributed by atoms with Crippen molar-refractivity contribution in [3.05, 3.63) is 69.0 Å². The highest BCUT2D eigenvalue weighted by Gasteiger charge is 2.13. The first kappa shape index (κ1) is 19.7. The van der Waals surface area contributed by atoms with Crippen LogP contribution in [0, 0.1) is 27.7 Å². The van der Waals surface area contributed by atoms with Crippen LogP contribution in [-0.4, -0.2) is 17.6 Å². The highest BCUT2D eigenvalue weighted by molar-refractivity contribution is 5.93. The van der Waals surface area contributed by atoms with E-state index < -0.39 is 0 Å². The zero-order chi connectivity index (χ0) is 20.4. The van der Waals surface area contributed by atoms with E-state index in [0.717, 1.165) is 38.8 Å². The van der Waals surface area contributed by atoms with E-state index >= 15 is 0 Å². The molecule has 0 aliphatic carbocycles. The van der Waals surface area contributed by atoms with Crippen LogP contribution >= 0.6 is 0 Å². The van der Waals surface area contributed by atoms with E-state index in [1.165, 1.54) is 0 Å². The Morgan fingerprint density at radius 3 is 2.36 bits per heavy atom. The van der Waals surface area contributed by atoms with Crippen molar-refractivity contribution < 1.29 is 9.53 Å². The van der Waals surface area contributed by atoms with Crippen molar-refractivity contribution in [1.29, 1.82) is 0 Å². The van der Waals surface area contributed by atoms with Crippen molar-refractivity contribution in [3.63, 3.8) is 0 Å². The largest absolute Gasteiger partial charge is 0.495 e. The van der Waals surface area contributed by atoms with Gasteiger partial charge in [-0.05, 0) is 50.5 Å². The molecule has 0 bridgehead atoms. The van der Waals surface area contributed by atoms with Crippen molar-refractivity contribution in [2.24, 2.45) is 0 Å². The van der Waals surface area contributed by atoms with Crippen molar-refractivity contribution in [2.45, 2.75) is 40.7 Å². The van der Waals surface area contributed by atoms with Gasteiger partial charge in [-0.3, -0.25) is 9.59 Å². The number of para-hydroxylation sites is 1. The fourth-order valence-electron chi connectivity index (χ4n) is 3.75. The maximum absolute atomic E-state index is 12.6. The molecule has 1 N–H and O–H groups in total. The second kappa shape index (κ2) is 7.89. The zero-order valence-electron chi connectivity index (χ0n) is 17.1. The summed E-state index contributed by atoms with van der Waals surface area (Å²) in [4.78, 5) is 25.2. The van der Waals surface area contributed by atoms with Gasteiger partial charge in [0.2, 0.25) is 5.91 Å². The number of hydrogen-bond acceptors (Lipinski definition) is 3. The molecule has 28 heavy (non-hydrogen) atoms. The molecule has 0 unspecified atom stereocenters. The molecule has 5 nitrogen and oxygen atoms in total. The van der Waals surface area contributed by atoms with Gasteiger partial charge in [0.05, 0.1) is 12.6 Å². The molecular formula is C23H26N2O3. The predicted molar refractivity (Wildman–Crippen MR) is 113 cm³/mol. The van der Waals surface area contributed by atoms with Crippen molar-refractivity contribution in [2.75, 3.05) is 12.4 Å². The smallest absolute Gasteiger partial charge is 0.251 e. The number of pyridine rings is 1. The fraction of sp³-hybridized carbons (Fsp3) is 0.304. The second-order valence-electron chi connectivity index (χ2n) is 7.25. The average molecular weight is 378 g/mol. The molecular weight excluding hydrogens is 352 g/mol. The number of ether oxygens (including phenoxy) is 1. The Bertz CT molecular complexity index is 1090. The average Bonchev–Trinajstić information content (AvgIpc) is 2.64. The molecule has 1 aromatic heterocycles. The van der Waals surface area contributed by atoms with Crippen LogP contribution in [-0.2, 0) is 11.3 Å². The van der Waals surface area contributed by atoms with Gasteiger partial charge in [-0.15, -0.1) is 0 Å². The monoisotopic (exact) mass is 378 g/mol. The van der Waals surface area contributed by atoms with Gasteiger partial charge in [-0.2, -0.15) is 0 Å². The number of benzene rings is 2. The standard InChI is InChI=1S/C23H26N2O3/c1-14-11-16(3)22(17(4)12-14)24-20(26)9-10-25-21(27)13-15(2)18-7-6-8-19(28-5)23(18)25/h6-8,11-13H,9-10H2,1-5H3,(H,24,26). The Balaban J connectivity index is 1.88. The van der Waals surface area contributed by atoms with E-state index in [1.807, 2.05) is 58.0 Å². The van der Waals surface area contributed by atoms with Crippen LogP contribution in [0.2, 0.25) is 0 Å². The molecule has 0 atom stereocenters. The number of nitrogens with zero attached hydrogens (tertiary/aromatic N) is 1. The number of aromatic nitrogens is 1. The summed E-state index contributed by atoms with van der Waals surface area (Å²) < 4.78 is 7.08. The number of aryl methyl sites for hydroxylation is 5. The molecule has 3 aromatic rings. The van der Waals surface area contributed by atoms with Crippen LogP contribution in [0.1, 0.15) is 28.7 Å². The molecule has 0 saturated carbocycles. The second-order valence-corrected chi connectivity index (χ2v) is 7.25. The number of carbonyl (C=O) groups is 1. The minimum atomic E-state index is -0.134. The number of nitrogens with one attached hydrogen (secondary N) is 1. The molecule has 1 amide bonds. The lowest BCUT2D eigenvalue weighted by atomic mass is 10.0. The first-order valence-electron chi connectivity index (χ1n) is 9.36. The number of anilines is 1. The maximum atomic E-state index is 12.6. The third-order valence-electron chi connectivity index (χ3n) is 5.02. The predicted octanol–water partition coefficient (Wildman–Crippen LogP) is 4.27. The van der Waals surface area contributed by atoms with Crippen LogP contribution in [0.15, 0.2) is 41.2 Å². The Hall–Kier alpha value is -3.08. The molecule has 5 heteroatoms. The van der Waals surface area contributed by atoms with Crippen molar-refractivity contribution in [1.82, 2.24) is 4.57 Å². The normalized spacial score (nSPS) is 10.9. The molecule has 0 aliphatic heterocycles. The number of carbonyl (C=O) groups excluding carboxylic acids is 1. The van der Waals surface area contributed by atoms with Crippen LogP contribution in [0.4, 0.5) is 5.69 Å². The molecule has 146 valence electrons. The molecule has 3 rings (SSSR count). The van der Waals surface area contributed by atoms with Gasteiger partial charge in [-0.1, -0.05) is 29.8 Å². The minimum Gasteiger partial charge on any atom is -0.495 e. The van der Waals surface area contributed by atoms with E-state index in [4.69, 9.17) is 4.74 Å². The van der Waals surface area contributed by atoms with Gasteiger partial charge in [0.25, 0.3) is 5.56 Å². The van der Waals surface area contributed by atoms with Gasteiger partial charge in [-0.25, -0.2) is 0 Å². The van der Waals surface area contributed by atoms with Crippen LogP contribution in [0.3, 0.4) is 0 Å². The summed E-state index contributed by atoms with van der Waals surface area (Å²) in [5.74, 6) is 0.509. The Morgan fingerprint density at radius 2 is 1.71 bits per heavy atom. The highest BCUT2D eigenvalue weighted by atomic mass is 16.5. The van der Waals surface area contributed by atoms with Crippen LogP contribution in [0.25, 0.3) is 10.9 Å². The molecule has 0 aliphatic rings. The third kappa shape index (κ3) is 3.79. The minimum absolute atomic E-state index is 0.120. The number of methoxy groups -OCH3 is 1. The highest BCUT2D eigenvalue weighted by Crippen LogP contribution is 2.27. The van der Waals surface area contributed by atoms with Gasteiger partial charge >= 0.3 is 0 Å². The topological polar surface area (TPSA) is 60.3 Å². The van der Waals surface area contributed by atoms with Gasteiger partial charge in [0.1, 0.15) is 5.75 Å². The molecule has 0 radical (unpaired) electrons. The summed E-state index contributed by atoms with van der Waals surface area (Å²) in [6, 6.07) is 11.4. The number of amides is 1. The van der Waals surface area contributed by atoms with E-state index in [-0.39, 0.29) is 24.4 Å². The molecule has 0 spiro atoms.